The first-order chi connectivity index (χ1) is 14.1. The number of nitrogens with zero attached hydrogens (tertiary/aromatic N) is 2. The van der Waals surface area contributed by atoms with Gasteiger partial charge >= 0.3 is 6.09 Å². The van der Waals surface area contributed by atoms with E-state index in [0.717, 1.165) is 58.0 Å². The summed E-state index contributed by atoms with van der Waals surface area (Å²) in [6, 6.07) is 8.53. The largest absolute Gasteiger partial charge is 0.446 e. The second-order valence-corrected chi connectivity index (χ2v) is 9.63. The number of hydrogen-bond donors (Lipinski definition) is 0. The average molecular weight is 397 g/mol. The van der Waals surface area contributed by atoms with Gasteiger partial charge in [0, 0.05) is 26.2 Å². The van der Waals surface area contributed by atoms with E-state index in [1.54, 1.807) is 0 Å². The third-order valence-corrected chi connectivity index (χ3v) is 7.47. The van der Waals surface area contributed by atoms with Gasteiger partial charge in [-0.3, -0.25) is 4.79 Å². The van der Waals surface area contributed by atoms with Crippen LogP contribution in [0.5, 0.6) is 0 Å². The van der Waals surface area contributed by atoms with Crippen molar-refractivity contribution in [2.75, 3.05) is 19.6 Å². The van der Waals surface area contributed by atoms with Crippen LogP contribution in [0.4, 0.5) is 4.79 Å². The molecule has 2 aliphatic heterocycles. The van der Waals surface area contributed by atoms with Crippen molar-refractivity contribution in [2.45, 2.75) is 70.4 Å². The van der Waals surface area contributed by atoms with Gasteiger partial charge in [-0.05, 0) is 74.8 Å². The van der Waals surface area contributed by atoms with Crippen molar-refractivity contribution >= 4 is 12.0 Å². The standard InChI is InChI=1S/C24H32N2O3/c27-22-24(11-13-25(14-12-24)23(28)29-21-7-3-4-8-21)15-19-5-1-2-6-20(19)17-26(22)16-18-9-10-18/h1-2,5-6,18,21H,3-4,7-17H2. The predicted octanol–water partition coefficient (Wildman–Crippen LogP) is 4.14. The number of benzene rings is 1. The van der Waals surface area contributed by atoms with Crippen LogP contribution in [0.2, 0.25) is 0 Å². The molecular formula is C24H32N2O3. The highest BCUT2D eigenvalue weighted by Gasteiger charge is 2.47. The highest BCUT2D eigenvalue weighted by Crippen LogP contribution is 2.42. The number of fused-ring (bicyclic) bond motifs is 1. The highest BCUT2D eigenvalue weighted by atomic mass is 16.6. The lowest BCUT2D eigenvalue weighted by Crippen LogP contribution is -2.51. The van der Waals surface area contributed by atoms with Gasteiger partial charge in [-0.1, -0.05) is 24.3 Å². The van der Waals surface area contributed by atoms with E-state index in [9.17, 15) is 9.59 Å². The highest BCUT2D eigenvalue weighted by molar-refractivity contribution is 5.84. The molecule has 5 nitrogen and oxygen atoms in total. The molecular weight excluding hydrogens is 364 g/mol. The number of likely N-dealkylation sites (tertiary alicyclic amines) is 1. The van der Waals surface area contributed by atoms with Crippen LogP contribution in [-0.4, -0.2) is 47.5 Å². The molecule has 0 aromatic heterocycles. The van der Waals surface area contributed by atoms with Gasteiger partial charge in [-0.25, -0.2) is 4.79 Å². The molecule has 1 aromatic carbocycles. The molecule has 3 fully saturated rings. The third kappa shape index (κ3) is 3.88. The molecule has 5 rings (SSSR count). The van der Waals surface area contributed by atoms with E-state index in [2.05, 4.69) is 29.2 Å². The van der Waals surface area contributed by atoms with Crippen molar-refractivity contribution in [3.05, 3.63) is 35.4 Å². The number of carbonyl (C=O) groups is 2. The Labute approximate surface area is 173 Å². The van der Waals surface area contributed by atoms with E-state index in [4.69, 9.17) is 4.74 Å². The summed E-state index contributed by atoms with van der Waals surface area (Å²) in [5.74, 6) is 0.993. The molecule has 2 heterocycles. The van der Waals surface area contributed by atoms with Crippen molar-refractivity contribution in [3.8, 4) is 0 Å². The Balaban J connectivity index is 1.31. The Morgan fingerprint density at radius 2 is 1.72 bits per heavy atom. The van der Waals surface area contributed by atoms with Gasteiger partial charge in [0.15, 0.2) is 0 Å². The fourth-order valence-corrected chi connectivity index (χ4v) is 5.43. The minimum atomic E-state index is -0.369. The summed E-state index contributed by atoms with van der Waals surface area (Å²) in [5.41, 5.74) is 2.23. The first kappa shape index (κ1) is 19.0. The van der Waals surface area contributed by atoms with Crippen LogP contribution in [0.15, 0.2) is 24.3 Å². The van der Waals surface area contributed by atoms with Crippen LogP contribution in [-0.2, 0) is 22.5 Å². The maximum absolute atomic E-state index is 13.7. The molecule has 2 saturated carbocycles. The summed E-state index contributed by atoms with van der Waals surface area (Å²) >= 11 is 0. The van der Waals surface area contributed by atoms with Crippen molar-refractivity contribution in [2.24, 2.45) is 11.3 Å². The molecule has 29 heavy (non-hydrogen) atoms. The van der Waals surface area contributed by atoms with Gasteiger partial charge < -0.3 is 14.5 Å². The predicted molar refractivity (Wildman–Crippen MR) is 110 cm³/mol. The Morgan fingerprint density at radius 3 is 2.41 bits per heavy atom. The third-order valence-electron chi connectivity index (χ3n) is 7.47. The van der Waals surface area contributed by atoms with Crippen molar-refractivity contribution < 1.29 is 14.3 Å². The average Bonchev–Trinajstić information content (AvgIpc) is 3.43. The molecule has 2 aliphatic carbocycles. The maximum atomic E-state index is 13.7. The lowest BCUT2D eigenvalue weighted by molar-refractivity contribution is -0.145. The first-order valence-corrected chi connectivity index (χ1v) is 11.4. The molecule has 1 saturated heterocycles. The van der Waals surface area contributed by atoms with E-state index >= 15 is 0 Å². The molecule has 0 N–H and O–H groups in total. The van der Waals surface area contributed by atoms with Crippen molar-refractivity contribution in [1.82, 2.24) is 9.80 Å². The molecule has 156 valence electrons. The lowest BCUT2D eigenvalue weighted by atomic mass is 9.73. The number of amides is 2. The monoisotopic (exact) mass is 396 g/mol. The van der Waals surface area contributed by atoms with E-state index in [1.165, 1.54) is 24.0 Å². The van der Waals surface area contributed by atoms with Crippen molar-refractivity contribution in [3.63, 3.8) is 0 Å². The van der Waals surface area contributed by atoms with Crippen LogP contribution < -0.4 is 0 Å². The lowest BCUT2D eigenvalue weighted by Gasteiger charge is -2.42. The van der Waals surface area contributed by atoms with Crippen LogP contribution in [0.25, 0.3) is 0 Å². The summed E-state index contributed by atoms with van der Waals surface area (Å²) in [4.78, 5) is 30.3. The van der Waals surface area contributed by atoms with Gasteiger partial charge in [0.05, 0.1) is 5.41 Å². The second-order valence-electron chi connectivity index (χ2n) is 9.63. The smallest absolute Gasteiger partial charge is 0.410 e. The Bertz CT molecular complexity index is 774. The van der Waals surface area contributed by atoms with Gasteiger partial charge in [-0.15, -0.1) is 0 Å². The summed E-state index contributed by atoms with van der Waals surface area (Å²) in [5, 5.41) is 0. The molecule has 1 spiro atoms. The topological polar surface area (TPSA) is 49.9 Å². The fourth-order valence-electron chi connectivity index (χ4n) is 5.43. The molecule has 0 atom stereocenters. The zero-order chi connectivity index (χ0) is 19.8. The fraction of sp³-hybridized carbons (Fsp3) is 0.667. The van der Waals surface area contributed by atoms with Gasteiger partial charge in [0.2, 0.25) is 5.91 Å². The minimum Gasteiger partial charge on any atom is -0.446 e. The zero-order valence-corrected chi connectivity index (χ0v) is 17.3. The van der Waals surface area contributed by atoms with E-state index in [-0.39, 0.29) is 17.6 Å². The Morgan fingerprint density at radius 1 is 1.03 bits per heavy atom. The van der Waals surface area contributed by atoms with E-state index in [1.807, 2.05) is 4.90 Å². The number of piperidine rings is 1. The molecule has 0 unspecified atom stereocenters. The summed E-state index contributed by atoms with van der Waals surface area (Å²) in [7, 11) is 0. The van der Waals surface area contributed by atoms with Crippen LogP contribution in [0.1, 0.15) is 62.5 Å². The van der Waals surface area contributed by atoms with Gasteiger partial charge in [0.1, 0.15) is 6.10 Å². The summed E-state index contributed by atoms with van der Waals surface area (Å²) in [6.07, 6.45) is 9.00. The van der Waals surface area contributed by atoms with Gasteiger partial charge in [-0.2, -0.15) is 0 Å². The SMILES string of the molecule is O=C(OC1CCCC1)N1CCC2(CC1)Cc1ccccc1CN(CC1CC1)C2=O. The zero-order valence-electron chi connectivity index (χ0n) is 17.3. The van der Waals surface area contributed by atoms with Crippen LogP contribution >= 0.6 is 0 Å². The van der Waals surface area contributed by atoms with Crippen LogP contribution in [0, 0.1) is 11.3 Å². The Kier molecular flexibility index (Phi) is 5.00. The quantitative estimate of drug-likeness (QED) is 0.771. The number of carbonyl (C=O) groups excluding carboxylic acids is 2. The van der Waals surface area contributed by atoms with Gasteiger partial charge in [0.25, 0.3) is 0 Å². The summed E-state index contributed by atoms with van der Waals surface area (Å²) in [6.45, 7) is 2.87. The molecule has 0 bridgehead atoms. The Hall–Kier alpha value is -2.04. The van der Waals surface area contributed by atoms with Crippen LogP contribution in [0.3, 0.4) is 0 Å². The number of rotatable bonds is 3. The first-order valence-electron chi connectivity index (χ1n) is 11.4. The maximum Gasteiger partial charge on any atom is 0.410 e. The molecule has 2 amide bonds. The number of hydrogen-bond acceptors (Lipinski definition) is 3. The summed E-state index contributed by atoms with van der Waals surface area (Å²) < 4.78 is 5.71. The number of ether oxygens (including phenoxy) is 1. The van der Waals surface area contributed by atoms with E-state index in [0.29, 0.717) is 24.9 Å². The van der Waals surface area contributed by atoms with E-state index < -0.39 is 0 Å². The minimum absolute atomic E-state index is 0.0961. The van der Waals surface area contributed by atoms with Crippen molar-refractivity contribution in [1.29, 1.82) is 0 Å². The normalized spacial score (nSPS) is 24.5. The second kappa shape index (κ2) is 7.66. The molecule has 1 aromatic rings. The molecule has 0 radical (unpaired) electrons. The molecule has 4 aliphatic rings. The molecule has 5 heteroatoms.